The molecule has 0 spiro atoms. The Morgan fingerprint density at radius 3 is 3.00 bits per heavy atom. The van der Waals surface area contributed by atoms with Gasteiger partial charge in [0.2, 0.25) is 0 Å². The molecular formula is C15H24N4. The number of likely N-dealkylation sites (N-methyl/N-ethyl adjacent to an activating group) is 1. The van der Waals surface area contributed by atoms with Crippen molar-refractivity contribution in [2.45, 2.75) is 44.1 Å². The molecule has 3 rings (SSSR count). The minimum Gasteiger partial charge on any atom is -0.311 e. The van der Waals surface area contributed by atoms with Crippen LogP contribution in [0, 0.1) is 0 Å². The van der Waals surface area contributed by atoms with Gasteiger partial charge in [0.05, 0.1) is 0 Å². The van der Waals surface area contributed by atoms with Crippen LogP contribution in [0.1, 0.15) is 43.1 Å². The van der Waals surface area contributed by atoms with Crippen LogP contribution in [0.25, 0.3) is 0 Å². The normalized spacial score (nSPS) is 25.8. The number of hydrogen-bond donors (Lipinski definition) is 1. The SMILES string of the molecule is CN1CCNC(Cc2nccc(C3CCCC3)n2)C1. The summed E-state index contributed by atoms with van der Waals surface area (Å²) in [7, 11) is 2.18. The number of rotatable bonds is 3. The largest absolute Gasteiger partial charge is 0.311 e. The van der Waals surface area contributed by atoms with Gasteiger partial charge in [-0.2, -0.15) is 0 Å². The number of aromatic nitrogens is 2. The Balaban J connectivity index is 1.65. The molecule has 19 heavy (non-hydrogen) atoms. The first-order valence-corrected chi connectivity index (χ1v) is 7.55. The molecule has 1 saturated heterocycles. The summed E-state index contributed by atoms with van der Waals surface area (Å²) in [4.78, 5) is 11.6. The van der Waals surface area contributed by atoms with E-state index >= 15 is 0 Å². The maximum atomic E-state index is 4.80. The number of nitrogens with zero attached hydrogens (tertiary/aromatic N) is 3. The van der Waals surface area contributed by atoms with Crippen molar-refractivity contribution in [3.8, 4) is 0 Å². The quantitative estimate of drug-likeness (QED) is 0.896. The van der Waals surface area contributed by atoms with Gasteiger partial charge in [0.25, 0.3) is 0 Å². The Kier molecular flexibility index (Phi) is 4.09. The minimum absolute atomic E-state index is 0.498. The third-order valence-corrected chi connectivity index (χ3v) is 4.39. The van der Waals surface area contributed by atoms with Crippen LogP contribution in [0.2, 0.25) is 0 Å². The van der Waals surface area contributed by atoms with Gasteiger partial charge < -0.3 is 10.2 Å². The van der Waals surface area contributed by atoms with Crippen LogP contribution in [0.3, 0.4) is 0 Å². The van der Waals surface area contributed by atoms with Gasteiger partial charge >= 0.3 is 0 Å². The molecule has 1 atom stereocenters. The molecule has 1 aromatic rings. The lowest BCUT2D eigenvalue weighted by molar-refractivity contribution is 0.236. The number of nitrogens with one attached hydrogen (secondary N) is 1. The van der Waals surface area contributed by atoms with Gasteiger partial charge in [-0.3, -0.25) is 0 Å². The molecule has 0 aromatic carbocycles. The van der Waals surface area contributed by atoms with Crippen LogP contribution >= 0.6 is 0 Å². The fourth-order valence-electron chi connectivity index (χ4n) is 3.31. The molecule has 4 heteroatoms. The van der Waals surface area contributed by atoms with Crippen molar-refractivity contribution in [3.05, 3.63) is 23.8 Å². The lowest BCUT2D eigenvalue weighted by Gasteiger charge is -2.30. The molecule has 0 amide bonds. The molecule has 0 radical (unpaired) electrons. The molecule has 2 heterocycles. The van der Waals surface area contributed by atoms with Gasteiger partial charge in [0, 0.05) is 49.9 Å². The third-order valence-electron chi connectivity index (χ3n) is 4.39. The predicted molar refractivity (Wildman–Crippen MR) is 76.2 cm³/mol. The van der Waals surface area contributed by atoms with E-state index < -0.39 is 0 Å². The Labute approximate surface area is 115 Å². The predicted octanol–water partition coefficient (Wildman–Crippen LogP) is 1.58. The summed E-state index contributed by atoms with van der Waals surface area (Å²) in [6, 6.07) is 2.61. The van der Waals surface area contributed by atoms with Crippen LogP contribution in [-0.4, -0.2) is 47.6 Å². The highest BCUT2D eigenvalue weighted by molar-refractivity contribution is 5.10. The van der Waals surface area contributed by atoms with Gasteiger partial charge in [0.1, 0.15) is 5.82 Å². The second-order valence-corrected chi connectivity index (χ2v) is 6.00. The first-order chi connectivity index (χ1) is 9.31. The average molecular weight is 260 g/mol. The molecule has 1 aliphatic heterocycles. The van der Waals surface area contributed by atoms with Crippen molar-refractivity contribution in [2.24, 2.45) is 0 Å². The first kappa shape index (κ1) is 13.0. The van der Waals surface area contributed by atoms with Gasteiger partial charge in [-0.25, -0.2) is 9.97 Å². The summed E-state index contributed by atoms with van der Waals surface area (Å²) < 4.78 is 0. The van der Waals surface area contributed by atoms with Gasteiger partial charge in [-0.1, -0.05) is 12.8 Å². The van der Waals surface area contributed by atoms with Crippen molar-refractivity contribution in [1.29, 1.82) is 0 Å². The molecule has 1 saturated carbocycles. The highest BCUT2D eigenvalue weighted by atomic mass is 15.2. The molecule has 104 valence electrons. The summed E-state index contributed by atoms with van der Waals surface area (Å²) in [6.07, 6.45) is 8.23. The Morgan fingerprint density at radius 1 is 1.37 bits per heavy atom. The van der Waals surface area contributed by atoms with E-state index in [0.29, 0.717) is 12.0 Å². The Morgan fingerprint density at radius 2 is 2.21 bits per heavy atom. The topological polar surface area (TPSA) is 41.0 Å². The molecule has 0 bridgehead atoms. The van der Waals surface area contributed by atoms with E-state index in [1.54, 1.807) is 0 Å². The van der Waals surface area contributed by atoms with Gasteiger partial charge in [-0.05, 0) is 26.0 Å². The fourth-order valence-corrected chi connectivity index (χ4v) is 3.31. The van der Waals surface area contributed by atoms with Crippen molar-refractivity contribution in [1.82, 2.24) is 20.2 Å². The van der Waals surface area contributed by atoms with Crippen molar-refractivity contribution in [2.75, 3.05) is 26.7 Å². The van der Waals surface area contributed by atoms with Crippen molar-refractivity contribution >= 4 is 0 Å². The molecule has 2 aliphatic rings. The molecule has 2 fully saturated rings. The van der Waals surface area contributed by atoms with E-state index in [1.165, 1.54) is 31.4 Å². The molecule has 1 unspecified atom stereocenters. The van der Waals surface area contributed by atoms with Crippen molar-refractivity contribution in [3.63, 3.8) is 0 Å². The van der Waals surface area contributed by atoms with Crippen LogP contribution in [0.4, 0.5) is 0 Å². The van der Waals surface area contributed by atoms with E-state index in [2.05, 4.69) is 28.3 Å². The average Bonchev–Trinajstić information content (AvgIpc) is 2.93. The third kappa shape index (κ3) is 3.31. The van der Waals surface area contributed by atoms with Gasteiger partial charge in [0.15, 0.2) is 0 Å². The molecular weight excluding hydrogens is 236 g/mol. The van der Waals surface area contributed by atoms with Gasteiger partial charge in [-0.15, -0.1) is 0 Å². The second kappa shape index (κ2) is 5.97. The van der Waals surface area contributed by atoms with E-state index in [-0.39, 0.29) is 0 Å². The highest BCUT2D eigenvalue weighted by Crippen LogP contribution is 2.32. The second-order valence-electron chi connectivity index (χ2n) is 6.00. The maximum Gasteiger partial charge on any atom is 0.130 e. The van der Waals surface area contributed by atoms with E-state index in [0.717, 1.165) is 31.9 Å². The summed E-state index contributed by atoms with van der Waals surface area (Å²) in [5.74, 6) is 1.70. The zero-order valence-corrected chi connectivity index (χ0v) is 11.8. The molecule has 1 aromatic heterocycles. The summed E-state index contributed by atoms with van der Waals surface area (Å²) in [6.45, 7) is 3.31. The summed E-state index contributed by atoms with van der Waals surface area (Å²) in [5, 5.41) is 3.57. The maximum absolute atomic E-state index is 4.80. The van der Waals surface area contributed by atoms with Crippen LogP contribution in [-0.2, 0) is 6.42 Å². The molecule has 1 N–H and O–H groups in total. The highest BCUT2D eigenvalue weighted by Gasteiger charge is 2.21. The first-order valence-electron chi connectivity index (χ1n) is 7.55. The smallest absolute Gasteiger partial charge is 0.130 e. The van der Waals surface area contributed by atoms with Crippen molar-refractivity contribution < 1.29 is 0 Å². The Hall–Kier alpha value is -1.00. The van der Waals surface area contributed by atoms with E-state index in [4.69, 9.17) is 4.98 Å². The van der Waals surface area contributed by atoms with Crippen LogP contribution < -0.4 is 5.32 Å². The minimum atomic E-state index is 0.498. The summed E-state index contributed by atoms with van der Waals surface area (Å²) >= 11 is 0. The monoisotopic (exact) mass is 260 g/mol. The number of hydrogen-bond acceptors (Lipinski definition) is 4. The van der Waals surface area contributed by atoms with Crippen LogP contribution in [0.15, 0.2) is 12.3 Å². The number of piperazine rings is 1. The zero-order valence-electron chi connectivity index (χ0n) is 11.8. The standard InChI is InChI=1S/C15H24N4/c1-19-9-8-16-13(11-19)10-15-17-7-6-14(18-15)12-4-2-3-5-12/h6-7,12-13,16H,2-5,8-11H2,1H3. The fraction of sp³-hybridized carbons (Fsp3) is 0.733. The summed E-state index contributed by atoms with van der Waals surface area (Å²) in [5.41, 5.74) is 1.27. The van der Waals surface area contributed by atoms with Crippen LogP contribution in [0.5, 0.6) is 0 Å². The van der Waals surface area contributed by atoms with E-state index in [1.807, 2.05) is 6.20 Å². The zero-order chi connectivity index (χ0) is 13.1. The lowest BCUT2D eigenvalue weighted by Crippen LogP contribution is -2.50. The molecule has 1 aliphatic carbocycles. The molecule has 4 nitrogen and oxygen atoms in total. The Bertz CT molecular complexity index is 414. The van der Waals surface area contributed by atoms with E-state index in [9.17, 15) is 0 Å². The lowest BCUT2D eigenvalue weighted by atomic mass is 10.0.